The molecule has 1 N–H and O–H groups in total. The number of anilines is 1. The maximum atomic E-state index is 12.5. The number of carbonyl (C=O) groups excluding carboxylic acids is 1. The number of pyridine rings is 1. The highest BCUT2D eigenvalue weighted by atomic mass is 127. The summed E-state index contributed by atoms with van der Waals surface area (Å²) in [6.07, 6.45) is 3.57. The van der Waals surface area contributed by atoms with Gasteiger partial charge in [0.15, 0.2) is 0 Å². The van der Waals surface area contributed by atoms with Crippen LogP contribution in [0.25, 0.3) is 10.8 Å². The minimum absolute atomic E-state index is 0.0118. The van der Waals surface area contributed by atoms with Crippen molar-refractivity contribution in [3.63, 3.8) is 0 Å². The highest BCUT2D eigenvalue weighted by Crippen LogP contribution is 2.27. The van der Waals surface area contributed by atoms with E-state index in [2.05, 4.69) is 58.9 Å². The summed E-state index contributed by atoms with van der Waals surface area (Å²) in [6.45, 7) is 4.14. The summed E-state index contributed by atoms with van der Waals surface area (Å²) in [5.41, 5.74) is 4.27. The van der Waals surface area contributed by atoms with Crippen LogP contribution in [0.3, 0.4) is 0 Å². The van der Waals surface area contributed by atoms with Crippen molar-refractivity contribution in [2.75, 3.05) is 5.32 Å². The molecule has 0 aliphatic carbocycles. The molecule has 3 nitrogen and oxygen atoms in total. The first-order chi connectivity index (χ1) is 11.0. The summed E-state index contributed by atoms with van der Waals surface area (Å²) in [6, 6.07) is 14.0. The predicted molar refractivity (Wildman–Crippen MR) is 103 cm³/mol. The lowest BCUT2D eigenvalue weighted by Gasteiger charge is -2.13. The zero-order chi connectivity index (χ0) is 16.4. The molecule has 0 spiro atoms. The molecular weight excluding hydrogens is 399 g/mol. The summed E-state index contributed by atoms with van der Waals surface area (Å²) in [4.78, 5) is 16.6. The Hall–Kier alpha value is -1.95. The third-order valence-corrected chi connectivity index (χ3v) is 5.25. The molecule has 3 aromatic rings. The smallest absolute Gasteiger partial charge is 0.241 e. The molecule has 0 fully saturated rings. The van der Waals surface area contributed by atoms with Gasteiger partial charge in [-0.25, -0.2) is 0 Å². The van der Waals surface area contributed by atoms with Gasteiger partial charge in [0, 0.05) is 23.5 Å². The van der Waals surface area contributed by atoms with E-state index in [0.29, 0.717) is 0 Å². The third-order valence-electron chi connectivity index (χ3n) is 3.96. The summed E-state index contributed by atoms with van der Waals surface area (Å²) in [5, 5.41) is 5.12. The largest absolute Gasteiger partial charge is 0.325 e. The molecule has 2 aromatic carbocycles. The average Bonchev–Trinajstić information content (AvgIpc) is 2.56. The Morgan fingerprint density at radius 1 is 1.04 bits per heavy atom. The number of nitrogens with zero attached hydrogens (tertiary/aromatic N) is 1. The molecule has 0 unspecified atom stereocenters. The van der Waals surface area contributed by atoms with Gasteiger partial charge in [-0.2, -0.15) is 0 Å². The average molecular weight is 416 g/mol. The van der Waals surface area contributed by atoms with Crippen LogP contribution >= 0.6 is 22.6 Å². The van der Waals surface area contributed by atoms with Crippen LogP contribution in [0.2, 0.25) is 0 Å². The van der Waals surface area contributed by atoms with E-state index in [9.17, 15) is 4.79 Å². The first-order valence-electron chi connectivity index (χ1n) is 7.40. The summed E-state index contributed by atoms with van der Waals surface area (Å²) in [7, 11) is 0. The van der Waals surface area contributed by atoms with Gasteiger partial charge in [-0.1, -0.05) is 46.9 Å². The zero-order valence-electron chi connectivity index (χ0n) is 13.0. The van der Waals surface area contributed by atoms with Crippen molar-refractivity contribution in [1.82, 2.24) is 4.98 Å². The van der Waals surface area contributed by atoms with Gasteiger partial charge in [-0.05, 0) is 54.1 Å². The number of alkyl halides is 1. The minimum Gasteiger partial charge on any atom is -0.325 e. The Kier molecular flexibility index (Phi) is 4.61. The second kappa shape index (κ2) is 6.66. The van der Waals surface area contributed by atoms with E-state index in [1.807, 2.05) is 36.5 Å². The van der Waals surface area contributed by atoms with Gasteiger partial charge in [0.25, 0.3) is 0 Å². The molecule has 1 heterocycles. The number of amides is 1. The van der Waals surface area contributed by atoms with E-state index in [-0.39, 0.29) is 9.83 Å². The summed E-state index contributed by atoms with van der Waals surface area (Å²) >= 11 is 2.18. The second-order valence-electron chi connectivity index (χ2n) is 5.63. The topological polar surface area (TPSA) is 42.0 Å². The van der Waals surface area contributed by atoms with Gasteiger partial charge in [0.2, 0.25) is 5.91 Å². The number of fused-ring (bicyclic) bond motifs is 1. The Morgan fingerprint density at radius 3 is 2.65 bits per heavy atom. The van der Waals surface area contributed by atoms with Crippen LogP contribution in [0.5, 0.6) is 0 Å². The number of nitrogens with one attached hydrogen (secondary N) is 1. The van der Waals surface area contributed by atoms with Gasteiger partial charge >= 0.3 is 0 Å². The Balaban J connectivity index is 1.80. The van der Waals surface area contributed by atoms with Crippen molar-refractivity contribution < 1.29 is 4.79 Å². The molecule has 0 bridgehead atoms. The monoisotopic (exact) mass is 416 g/mol. The fraction of sp³-hybridized carbons (Fsp3) is 0.158. The zero-order valence-corrected chi connectivity index (χ0v) is 15.2. The fourth-order valence-electron chi connectivity index (χ4n) is 2.44. The minimum atomic E-state index is -0.222. The maximum Gasteiger partial charge on any atom is 0.241 e. The number of aryl methyl sites for hydroxylation is 2. The van der Waals surface area contributed by atoms with E-state index in [1.165, 1.54) is 11.1 Å². The standard InChI is InChI=1S/C19H17IN2O/c1-12-3-4-15(9-13(12)2)18(20)19(23)22-17-6-5-16-11-21-8-7-14(16)10-17/h3-11,18H,1-2H3,(H,22,23)/t18-/m1/s1. The second-order valence-corrected chi connectivity index (χ2v) is 6.88. The molecular formula is C19H17IN2O. The summed E-state index contributed by atoms with van der Waals surface area (Å²) < 4.78 is -0.222. The van der Waals surface area contributed by atoms with Gasteiger partial charge in [0.05, 0.1) is 0 Å². The van der Waals surface area contributed by atoms with Crippen molar-refractivity contribution in [2.24, 2.45) is 0 Å². The van der Waals surface area contributed by atoms with Crippen molar-refractivity contribution >= 4 is 45.0 Å². The van der Waals surface area contributed by atoms with Crippen LogP contribution in [0.1, 0.15) is 20.6 Å². The van der Waals surface area contributed by atoms with E-state index in [4.69, 9.17) is 0 Å². The van der Waals surface area contributed by atoms with Crippen molar-refractivity contribution in [2.45, 2.75) is 17.8 Å². The Labute approximate surface area is 149 Å². The molecule has 116 valence electrons. The quantitative estimate of drug-likeness (QED) is 0.484. The normalized spacial score (nSPS) is 12.1. The number of aromatic nitrogens is 1. The molecule has 3 rings (SSSR count). The van der Waals surface area contributed by atoms with E-state index in [1.54, 1.807) is 6.20 Å². The number of rotatable bonds is 3. The Bertz CT molecular complexity index is 876. The highest BCUT2D eigenvalue weighted by molar-refractivity contribution is 14.1. The maximum absolute atomic E-state index is 12.5. The van der Waals surface area contributed by atoms with Crippen molar-refractivity contribution in [3.8, 4) is 0 Å². The van der Waals surface area contributed by atoms with Gasteiger partial charge in [-0.15, -0.1) is 0 Å². The number of halogens is 1. The van der Waals surface area contributed by atoms with E-state index in [0.717, 1.165) is 22.0 Å². The van der Waals surface area contributed by atoms with Gasteiger partial charge < -0.3 is 5.32 Å². The number of hydrogen-bond acceptors (Lipinski definition) is 2. The number of benzene rings is 2. The molecule has 0 saturated heterocycles. The molecule has 0 aliphatic heterocycles. The lowest BCUT2D eigenvalue weighted by atomic mass is 10.0. The number of carbonyl (C=O) groups is 1. The first-order valence-corrected chi connectivity index (χ1v) is 8.65. The fourth-order valence-corrected chi connectivity index (χ4v) is 2.98. The summed E-state index contributed by atoms with van der Waals surface area (Å²) in [5.74, 6) is -0.0118. The van der Waals surface area contributed by atoms with Crippen molar-refractivity contribution in [3.05, 3.63) is 71.5 Å². The molecule has 1 amide bonds. The van der Waals surface area contributed by atoms with Crippen LogP contribution in [0.4, 0.5) is 5.69 Å². The molecule has 1 aromatic heterocycles. The SMILES string of the molecule is Cc1ccc([C@@H](I)C(=O)Nc2ccc3cnccc3c2)cc1C. The molecule has 0 aliphatic rings. The molecule has 0 radical (unpaired) electrons. The van der Waals surface area contributed by atoms with Crippen LogP contribution in [0, 0.1) is 13.8 Å². The first kappa shape index (κ1) is 15.9. The molecule has 23 heavy (non-hydrogen) atoms. The number of hydrogen-bond donors (Lipinski definition) is 1. The van der Waals surface area contributed by atoms with Crippen LogP contribution < -0.4 is 5.32 Å². The predicted octanol–water partition coefficient (Wildman–Crippen LogP) is 4.97. The van der Waals surface area contributed by atoms with E-state index < -0.39 is 0 Å². The van der Waals surface area contributed by atoms with Gasteiger partial charge in [-0.3, -0.25) is 9.78 Å². The highest BCUT2D eigenvalue weighted by Gasteiger charge is 2.17. The van der Waals surface area contributed by atoms with Crippen molar-refractivity contribution in [1.29, 1.82) is 0 Å². The van der Waals surface area contributed by atoms with Gasteiger partial charge in [0.1, 0.15) is 3.92 Å². The lowest BCUT2D eigenvalue weighted by molar-refractivity contribution is -0.115. The van der Waals surface area contributed by atoms with Crippen LogP contribution in [0.15, 0.2) is 54.9 Å². The van der Waals surface area contributed by atoms with E-state index >= 15 is 0 Å². The Morgan fingerprint density at radius 2 is 1.87 bits per heavy atom. The molecule has 4 heteroatoms. The lowest BCUT2D eigenvalue weighted by Crippen LogP contribution is -2.17. The third kappa shape index (κ3) is 3.52. The molecule has 0 saturated carbocycles. The van der Waals surface area contributed by atoms with Crippen LogP contribution in [-0.4, -0.2) is 10.9 Å². The van der Waals surface area contributed by atoms with Crippen LogP contribution in [-0.2, 0) is 4.79 Å². The molecule has 1 atom stereocenters.